The number of likely N-dealkylation sites (tertiary alicyclic amines) is 1. The quantitative estimate of drug-likeness (QED) is 0.729. The molecule has 146 valence electrons. The summed E-state index contributed by atoms with van der Waals surface area (Å²) in [6.45, 7) is 4.09. The fourth-order valence-electron chi connectivity index (χ4n) is 3.63. The van der Waals surface area contributed by atoms with Gasteiger partial charge in [-0.05, 0) is 56.1 Å². The van der Waals surface area contributed by atoms with Crippen LogP contribution in [-0.2, 0) is 19.5 Å². The molecule has 2 saturated heterocycles. The zero-order valence-corrected chi connectivity index (χ0v) is 16.6. The lowest BCUT2D eigenvalue weighted by molar-refractivity contribution is 0.0214. The smallest absolute Gasteiger partial charge is 0.349 e. The van der Waals surface area contributed by atoms with Crippen LogP contribution in [0.15, 0.2) is 16.3 Å². The first-order valence-electron chi connectivity index (χ1n) is 8.98. The molecule has 1 N–H and O–H groups in total. The summed E-state index contributed by atoms with van der Waals surface area (Å²) in [5.74, 6) is -0.300. The summed E-state index contributed by atoms with van der Waals surface area (Å²) in [4.78, 5) is 14.4. The second kappa shape index (κ2) is 8.79. The molecule has 2 fully saturated rings. The number of carbonyl (C=O) groups excluding carboxylic acids is 1. The molecular formula is C17H26N2O5S2. The van der Waals surface area contributed by atoms with Crippen molar-refractivity contribution < 1.29 is 22.7 Å². The Morgan fingerprint density at radius 1 is 1.31 bits per heavy atom. The highest BCUT2D eigenvalue weighted by Gasteiger charge is 2.29. The van der Waals surface area contributed by atoms with Crippen LogP contribution >= 0.6 is 11.3 Å². The van der Waals surface area contributed by atoms with Gasteiger partial charge in [-0.25, -0.2) is 17.9 Å². The fraction of sp³-hybridized carbons (Fsp3) is 0.706. The molecule has 0 spiro atoms. The lowest BCUT2D eigenvalue weighted by atomic mass is 9.94. The number of sulfonamides is 1. The van der Waals surface area contributed by atoms with Crippen molar-refractivity contribution >= 4 is 27.3 Å². The number of rotatable bonds is 6. The van der Waals surface area contributed by atoms with Gasteiger partial charge in [0.15, 0.2) is 0 Å². The summed E-state index contributed by atoms with van der Waals surface area (Å²) in [7, 11) is -2.46. The predicted octanol–water partition coefficient (Wildman–Crippen LogP) is 1.70. The lowest BCUT2D eigenvalue weighted by Gasteiger charge is -2.39. The average Bonchev–Trinajstić information content (AvgIpc) is 3.18. The topological polar surface area (TPSA) is 84.9 Å². The summed E-state index contributed by atoms with van der Waals surface area (Å²) in [6, 6.07) is 2.06. The van der Waals surface area contributed by atoms with Gasteiger partial charge < -0.3 is 14.4 Å². The molecule has 2 aliphatic heterocycles. The van der Waals surface area contributed by atoms with E-state index in [-0.39, 0.29) is 9.77 Å². The van der Waals surface area contributed by atoms with E-state index >= 15 is 0 Å². The SMILES string of the molecule is COC(=O)c1sccc1S(=O)(=O)NCC1CCN(C2CCOCC2)CC1. The number of hydrogen-bond acceptors (Lipinski definition) is 7. The Bertz CT molecular complexity index is 704. The molecule has 0 atom stereocenters. The second-order valence-corrected chi connectivity index (χ2v) is 9.43. The molecule has 3 heterocycles. The van der Waals surface area contributed by atoms with Crippen molar-refractivity contribution in [2.24, 2.45) is 5.92 Å². The van der Waals surface area contributed by atoms with Crippen LogP contribution in [0.3, 0.4) is 0 Å². The van der Waals surface area contributed by atoms with E-state index in [2.05, 4.69) is 14.4 Å². The maximum absolute atomic E-state index is 12.6. The van der Waals surface area contributed by atoms with Crippen molar-refractivity contribution in [1.29, 1.82) is 0 Å². The van der Waals surface area contributed by atoms with E-state index in [0.717, 1.165) is 63.3 Å². The van der Waals surface area contributed by atoms with Crippen LogP contribution in [0.1, 0.15) is 35.4 Å². The molecule has 0 aromatic carbocycles. The van der Waals surface area contributed by atoms with E-state index in [0.29, 0.717) is 18.5 Å². The monoisotopic (exact) mass is 402 g/mol. The summed E-state index contributed by atoms with van der Waals surface area (Å²) in [6.07, 6.45) is 4.14. The number of methoxy groups -OCH3 is 1. The van der Waals surface area contributed by atoms with Crippen LogP contribution in [0.25, 0.3) is 0 Å². The van der Waals surface area contributed by atoms with Crippen LogP contribution in [0.2, 0.25) is 0 Å². The number of esters is 1. The zero-order chi connectivity index (χ0) is 18.6. The number of nitrogens with one attached hydrogen (secondary N) is 1. The van der Waals surface area contributed by atoms with Gasteiger partial charge in [0.05, 0.1) is 7.11 Å². The third-order valence-electron chi connectivity index (χ3n) is 5.21. The number of piperidine rings is 1. The third-order valence-corrected chi connectivity index (χ3v) is 7.70. The Balaban J connectivity index is 1.51. The van der Waals surface area contributed by atoms with Crippen LogP contribution < -0.4 is 4.72 Å². The van der Waals surface area contributed by atoms with Gasteiger partial charge in [-0.1, -0.05) is 0 Å². The number of nitrogens with zero attached hydrogens (tertiary/aromatic N) is 1. The minimum Gasteiger partial charge on any atom is -0.465 e. The van der Waals surface area contributed by atoms with Crippen LogP contribution in [0.4, 0.5) is 0 Å². The molecule has 2 aliphatic rings. The predicted molar refractivity (Wildman–Crippen MR) is 99.0 cm³/mol. The Labute approximate surface area is 158 Å². The molecule has 0 bridgehead atoms. The lowest BCUT2D eigenvalue weighted by Crippen LogP contribution is -2.45. The molecule has 9 heteroatoms. The summed E-state index contributed by atoms with van der Waals surface area (Å²) < 4.78 is 37.9. The van der Waals surface area contributed by atoms with Crippen LogP contribution in [-0.4, -0.2) is 65.3 Å². The maximum atomic E-state index is 12.6. The van der Waals surface area contributed by atoms with Crippen LogP contribution in [0.5, 0.6) is 0 Å². The first kappa shape index (κ1) is 19.8. The largest absolute Gasteiger partial charge is 0.465 e. The number of thiophene rings is 1. The Kier molecular flexibility index (Phi) is 6.68. The molecule has 1 aromatic rings. The highest BCUT2D eigenvalue weighted by molar-refractivity contribution is 7.89. The second-order valence-electron chi connectivity index (χ2n) is 6.78. The van der Waals surface area contributed by atoms with E-state index in [4.69, 9.17) is 4.74 Å². The van der Waals surface area contributed by atoms with E-state index in [1.54, 1.807) is 5.38 Å². The summed E-state index contributed by atoms with van der Waals surface area (Å²) in [5.41, 5.74) is 0. The highest BCUT2D eigenvalue weighted by Crippen LogP contribution is 2.25. The normalized spacial score (nSPS) is 21.0. The summed E-state index contributed by atoms with van der Waals surface area (Å²) in [5, 5.41) is 1.59. The summed E-state index contributed by atoms with van der Waals surface area (Å²) >= 11 is 1.08. The minimum absolute atomic E-state index is 0.00833. The van der Waals surface area contributed by atoms with Crippen molar-refractivity contribution in [2.45, 2.75) is 36.6 Å². The molecule has 0 unspecified atom stereocenters. The van der Waals surface area contributed by atoms with Gasteiger partial charge in [0.2, 0.25) is 10.0 Å². The van der Waals surface area contributed by atoms with Crippen molar-refractivity contribution in [3.05, 3.63) is 16.3 Å². The highest BCUT2D eigenvalue weighted by atomic mass is 32.2. The number of hydrogen-bond donors (Lipinski definition) is 1. The molecular weight excluding hydrogens is 376 g/mol. The Morgan fingerprint density at radius 2 is 2.00 bits per heavy atom. The third kappa shape index (κ3) is 4.64. The van der Waals surface area contributed by atoms with Gasteiger partial charge >= 0.3 is 5.97 Å². The van der Waals surface area contributed by atoms with Crippen molar-refractivity contribution in [1.82, 2.24) is 9.62 Å². The molecule has 26 heavy (non-hydrogen) atoms. The van der Waals surface area contributed by atoms with E-state index < -0.39 is 16.0 Å². The van der Waals surface area contributed by atoms with Crippen molar-refractivity contribution in [3.63, 3.8) is 0 Å². The average molecular weight is 403 g/mol. The molecule has 1 aromatic heterocycles. The van der Waals surface area contributed by atoms with Gasteiger partial charge in [0, 0.05) is 25.8 Å². The van der Waals surface area contributed by atoms with E-state index in [9.17, 15) is 13.2 Å². The van der Waals surface area contributed by atoms with Gasteiger partial charge in [-0.3, -0.25) is 0 Å². The van der Waals surface area contributed by atoms with Gasteiger partial charge in [-0.2, -0.15) is 0 Å². The molecule has 7 nitrogen and oxygen atoms in total. The van der Waals surface area contributed by atoms with Crippen molar-refractivity contribution in [3.8, 4) is 0 Å². The van der Waals surface area contributed by atoms with Crippen LogP contribution in [0, 0.1) is 5.92 Å². The first-order chi connectivity index (χ1) is 12.5. The zero-order valence-electron chi connectivity index (χ0n) is 15.0. The van der Waals surface area contributed by atoms with E-state index in [1.807, 2.05) is 0 Å². The molecule has 0 amide bonds. The number of carbonyl (C=O) groups is 1. The fourth-order valence-corrected chi connectivity index (χ4v) is 6.08. The van der Waals surface area contributed by atoms with Gasteiger partial charge in [0.25, 0.3) is 0 Å². The first-order valence-corrected chi connectivity index (χ1v) is 11.3. The minimum atomic E-state index is -3.71. The van der Waals surface area contributed by atoms with Gasteiger partial charge in [0.1, 0.15) is 9.77 Å². The van der Waals surface area contributed by atoms with Gasteiger partial charge in [-0.15, -0.1) is 11.3 Å². The molecule has 0 radical (unpaired) electrons. The molecule has 0 saturated carbocycles. The van der Waals surface area contributed by atoms with E-state index in [1.165, 1.54) is 13.2 Å². The Hall–Kier alpha value is -1.00. The molecule has 0 aliphatic carbocycles. The standard InChI is InChI=1S/C17H26N2O5S2/c1-23-17(20)16-15(6-11-25-16)26(21,22)18-12-13-2-7-19(8-3-13)14-4-9-24-10-5-14/h6,11,13-14,18H,2-5,7-10,12H2,1H3. The Morgan fingerprint density at radius 3 is 2.65 bits per heavy atom. The maximum Gasteiger partial charge on any atom is 0.349 e. The van der Waals surface area contributed by atoms with Crippen molar-refractivity contribution in [2.75, 3.05) is 40.0 Å². The molecule has 3 rings (SSSR count). The number of ether oxygens (including phenoxy) is 2.